The van der Waals surface area contributed by atoms with Crippen LogP contribution in [0, 0.1) is 17.1 Å². The van der Waals surface area contributed by atoms with Crippen LogP contribution in [0.25, 0.3) is 0 Å². The first-order valence-corrected chi connectivity index (χ1v) is 7.41. The second-order valence-corrected chi connectivity index (χ2v) is 5.28. The van der Waals surface area contributed by atoms with Crippen molar-refractivity contribution in [1.29, 1.82) is 5.26 Å². The van der Waals surface area contributed by atoms with E-state index >= 15 is 0 Å². The van der Waals surface area contributed by atoms with Crippen LogP contribution in [-0.2, 0) is 0 Å². The van der Waals surface area contributed by atoms with Crippen LogP contribution in [0.4, 0.5) is 15.9 Å². The van der Waals surface area contributed by atoms with Crippen molar-refractivity contribution in [3.05, 3.63) is 47.9 Å². The molecule has 0 spiro atoms. The molecule has 2 heterocycles. The van der Waals surface area contributed by atoms with Crippen molar-refractivity contribution in [3.63, 3.8) is 0 Å². The largest absolute Gasteiger partial charge is 0.494 e. The summed E-state index contributed by atoms with van der Waals surface area (Å²) in [5, 5.41) is 9.19. The Morgan fingerprint density at radius 2 is 1.91 bits per heavy atom. The van der Waals surface area contributed by atoms with Gasteiger partial charge < -0.3 is 14.5 Å². The van der Waals surface area contributed by atoms with Crippen molar-refractivity contribution in [2.24, 2.45) is 0 Å². The first-order chi connectivity index (χ1) is 11.2. The van der Waals surface area contributed by atoms with Gasteiger partial charge in [-0.3, -0.25) is 0 Å². The lowest BCUT2D eigenvalue weighted by Gasteiger charge is -2.37. The van der Waals surface area contributed by atoms with Gasteiger partial charge in [-0.15, -0.1) is 0 Å². The first kappa shape index (κ1) is 15.1. The molecule has 0 N–H and O–H groups in total. The number of ether oxygens (including phenoxy) is 1. The molecule has 0 atom stereocenters. The maximum atomic E-state index is 13.3. The molecule has 118 valence electrons. The minimum absolute atomic E-state index is 0.309. The van der Waals surface area contributed by atoms with E-state index in [0.29, 0.717) is 11.3 Å². The van der Waals surface area contributed by atoms with Crippen molar-refractivity contribution >= 4 is 11.5 Å². The molecule has 0 amide bonds. The molecule has 0 radical (unpaired) electrons. The molecule has 6 heteroatoms. The Labute approximate surface area is 134 Å². The number of anilines is 2. The second kappa shape index (κ2) is 6.53. The Morgan fingerprint density at radius 3 is 2.61 bits per heavy atom. The second-order valence-electron chi connectivity index (χ2n) is 5.28. The summed E-state index contributed by atoms with van der Waals surface area (Å²) in [5.74, 6) is 0.950. The zero-order valence-corrected chi connectivity index (χ0v) is 12.9. The van der Waals surface area contributed by atoms with E-state index in [-0.39, 0.29) is 5.82 Å². The number of methoxy groups -OCH3 is 1. The fraction of sp³-hybridized carbons (Fsp3) is 0.294. The summed E-state index contributed by atoms with van der Waals surface area (Å²) in [7, 11) is 1.54. The van der Waals surface area contributed by atoms with Gasteiger partial charge in [0.1, 0.15) is 23.5 Å². The highest BCUT2D eigenvalue weighted by atomic mass is 19.1. The zero-order valence-electron chi connectivity index (χ0n) is 12.9. The maximum Gasteiger partial charge on any atom is 0.146 e. The average Bonchev–Trinajstić information content (AvgIpc) is 2.61. The first-order valence-electron chi connectivity index (χ1n) is 7.41. The molecule has 0 saturated carbocycles. The Kier molecular flexibility index (Phi) is 4.29. The molecule has 1 aromatic heterocycles. The fourth-order valence-electron chi connectivity index (χ4n) is 2.81. The van der Waals surface area contributed by atoms with Gasteiger partial charge in [0.05, 0.1) is 18.4 Å². The number of halogens is 1. The third-order valence-electron chi connectivity index (χ3n) is 3.97. The quantitative estimate of drug-likeness (QED) is 0.871. The summed E-state index contributed by atoms with van der Waals surface area (Å²) in [6.45, 7) is 2.99. The van der Waals surface area contributed by atoms with E-state index in [2.05, 4.69) is 20.9 Å². The highest BCUT2D eigenvalue weighted by molar-refractivity contribution is 5.60. The molecule has 1 aliphatic rings. The van der Waals surface area contributed by atoms with E-state index in [4.69, 9.17) is 4.74 Å². The number of nitrogens with zero attached hydrogens (tertiary/aromatic N) is 4. The number of aromatic nitrogens is 1. The number of hydrogen-bond donors (Lipinski definition) is 0. The summed E-state index contributed by atoms with van der Waals surface area (Å²) in [5.41, 5.74) is 1.47. The number of benzene rings is 1. The maximum absolute atomic E-state index is 13.3. The van der Waals surface area contributed by atoms with Crippen LogP contribution in [0.5, 0.6) is 5.75 Å². The van der Waals surface area contributed by atoms with E-state index in [1.165, 1.54) is 12.1 Å². The van der Waals surface area contributed by atoms with E-state index in [0.717, 1.165) is 37.7 Å². The molecule has 1 aliphatic heterocycles. The Hall–Kier alpha value is -2.81. The molecule has 1 saturated heterocycles. The van der Waals surface area contributed by atoms with Crippen molar-refractivity contribution < 1.29 is 9.13 Å². The minimum atomic E-state index is -0.309. The fourth-order valence-corrected chi connectivity index (χ4v) is 2.81. The summed E-state index contributed by atoms with van der Waals surface area (Å²) < 4.78 is 18.6. The normalized spacial score (nSPS) is 14.5. The van der Waals surface area contributed by atoms with E-state index in [1.54, 1.807) is 31.5 Å². The molecular formula is C17H17FN4O. The topological polar surface area (TPSA) is 52.4 Å². The van der Waals surface area contributed by atoms with Gasteiger partial charge >= 0.3 is 0 Å². The van der Waals surface area contributed by atoms with Gasteiger partial charge in [-0.2, -0.15) is 5.26 Å². The third-order valence-corrected chi connectivity index (χ3v) is 3.97. The van der Waals surface area contributed by atoms with Crippen molar-refractivity contribution in [2.75, 3.05) is 43.1 Å². The third kappa shape index (κ3) is 3.04. The van der Waals surface area contributed by atoms with Crippen molar-refractivity contribution in [2.45, 2.75) is 0 Å². The number of nitriles is 1. The molecule has 1 aromatic carbocycles. The smallest absolute Gasteiger partial charge is 0.146 e. The summed E-state index contributed by atoms with van der Waals surface area (Å²) in [6.07, 6.45) is 1.70. The monoisotopic (exact) mass is 312 g/mol. The van der Waals surface area contributed by atoms with Crippen LogP contribution >= 0.6 is 0 Å². The number of rotatable bonds is 3. The molecule has 0 aliphatic carbocycles. The molecule has 23 heavy (non-hydrogen) atoms. The molecule has 0 bridgehead atoms. The lowest BCUT2D eigenvalue weighted by atomic mass is 10.2. The number of pyridine rings is 1. The highest BCUT2D eigenvalue weighted by Gasteiger charge is 2.22. The predicted octanol–water partition coefficient (Wildman–Crippen LogP) is 2.43. The number of piperazine rings is 1. The average molecular weight is 312 g/mol. The minimum Gasteiger partial charge on any atom is -0.494 e. The van der Waals surface area contributed by atoms with Gasteiger partial charge in [-0.1, -0.05) is 0 Å². The SMILES string of the molecule is COc1cc(F)ccc1N1CCN(c2ncccc2C#N)CC1. The van der Waals surface area contributed by atoms with Gasteiger partial charge in [-0.05, 0) is 24.3 Å². The van der Waals surface area contributed by atoms with Crippen LogP contribution in [0.2, 0.25) is 0 Å². The van der Waals surface area contributed by atoms with Gasteiger partial charge in [0.2, 0.25) is 0 Å². The predicted molar refractivity (Wildman–Crippen MR) is 86.3 cm³/mol. The highest BCUT2D eigenvalue weighted by Crippen LogP contribution is 2.30. The Balaban J connectivity index is 1.75. The summed E-state index contributed by atoms with van der Waals surface area (Å²) in [6, 6.07) is 10.3. The molecule has 5 nitrogen and oxygen atoms in total. The van der Waals surface area contributed by atoms with Crippen LogP contribution in [0.15, 0.2) is 36.5 Å². The standard InChI is InChI=1S/C17H17FN4O/c1-23-16-11-14(18)4-5-15(16)21-7-9-22(10-8-21)17-13(12-19)3-2-6-20-17/h2-6,11H,7-10H2,1H3. The van der Waals surface area contributed by atoms with Gasteiger partial charge in [0.15, 0.2) is 0 Å². The van der Waals surface area contributed by atoms with E-state index in [1.807, 2.05) is 0 Å². The van der Waals surface area contributed by atoms with Crippen LogP contribution in [0.1, 0.15) is 5.56 Å². The van der Waals surface area contributed by atoms with Crippen LogP contribution in [0.3, 0.4) is 0 Å². The van der Waals surface area contributed by atoms with Gasteiger partial charge in [-0.25, -0.2) is 9.37 Å². The molecule has 1 fully saturated rings. The Bertz CT molecular complexity index is 736. The van der Waals surface area contributed by atoms with Crippen LogP contribution in [-0.4, -0.2) is 38.3 Å². The summed E-state index contributed by atoms with van der Waals surface area (Å²) in [4.78, 5) is 8.59. The zero-order chi connectivity index (χ0) is 16.2. The van der Waals surface area contributed by atoms with Crippen molar-refractivity contribution in [3.8, 4) is 11.8 Å². The van der Waals surface area contributed by atoms with E-state index in [9.17, 15) is 9.65 Å². The molecule has 3 rings (SSSR count). The summed E-state index contributed by atoms with van der Waals surface area (Å²) >= 11 is 0. The van der Waals surface area contributed by atoms with Crippen molar-refractivity contribution in [1.82, 2.24) is 4.98 Å². The molecule has 2 aromatic rings. The Morgan fingerprint density at radius 1 is 1.17 bits per heavy atom. The van der Waals surface area contributed by atoms with E-state index < -0.39 is 0 Å². The van der Waals surface area contributed by atoms with Gasteiger partial charge in [0.25, 0.3) is 0 Å². The molecule has 0 unspecified atom stereocenters. The number of hydrogen-bond acceptors (Lipinski definition) is 5. The van der Waals surface area contributed by atoms with Crippen LogP contribution < -0.4 is 14.5 Å². The molecular weight excluding hydrogens is 295 g/mol. The lowest BCUT2D eigenvalue weighted by Crippen LogP contribution is -2.47. The van der Waals surface area contributed by atoms with Gasteiger partial charge in [0, 0.05) is 38.4 Å². The lowest BCUT2D eigenvalue weighted by molar-refractivity contribution is 0.410.